The van der Waals surface area contributed by atoms with Crippen LogP contribution in [0.2, 0.25) is 0 Å². The second-order valence-electron chi connectivity index (χ2n) is 4.24. The maximum atomic E-state index is 12.1. The van der Waals surface area contributed by atoms with Crippen LogP contribution in [0.4, 0.5) is 13.2 Å². The molecule has 104 valence electrons. The van der Waals surface area contributed by atoms with Crippen LogP contribution in [-0.2, 0) is 4.79 Å². The monoisotopic (exact) mass is 290 g/mol. The number of Topliss-reactive ketones (excluding diaryl/α,β-unsaturated/α-hetero) is 2. The summed E-state index contributed by atoms with van der Waals surface area (Å²) in [4.78, 5) is 22.8. The van der Waals surface area contributed by atoms with Gasteiger partial charge in [0.2, 0.25) is 0 Å². The number of rotatable bonds is 5. The van der Waals surface area contributed by atoms with Gasteiger partial charge in [0, 0.05) is 22.8 Å². The Morgan fingerprint density at radius 1 is 1.21 bits per heavy atom. The van der Waals surface area contributed by atoms with Crippen LogP contribution in [0.15, 0.2) is 29.2 Å². The molecule has 0 amide bonds. The van der Waals surface area contributed by atoms with Crippen LogP contribution in [0.25, 0.3) is 0 Å². The predicted molar refractivity (Wildman–Crippen MR) is 67.1 cm³/mol. The molecule has 0 aromatic heterocycles. The fourth-order valence-corrected chi connectivity index (χ4v) is 2.17. The first-order valence-corrected chi connectivity index (χ1v) is 6.40. The van der Waals surface area contributed by atoms with Crippen LogP contribution in [0.3, 0.4) is 0 Å². The fourth-order valence-electron chi connectivity index (χ4n) is 1.63. The molecule has 0 bridgehead atoms. The Hall–Kier alpha value is -1.30. The van der Waals surface area contributed by atoms with Crippen LogP contribution in [0, 0.1) is 5.92 Å². The number of benzene rings is 1. The van der Waals surface area contributed by atoms with Crippen LogP contribution in [-0.4, -0.2) is 17.1 Å². The summed E-state index contributed by atoms with van der Waals surface area (Å²) in [5, 5.41) is 0. The summed E-state index contributed by atoms with van der Waals surface area (Å²) >= 11 is -0.225. The van der Waals surface area contributed by atoms with E-state index in [1.54, 1.807) is 6.92 Å². The SMILES string of the molecule is CC(=O)CC(C)C(=O)c1ccc(SC(F)(F)F)cc1. The molecule has 0 fully saturated rings. The van der Waals surface area contributed by atoms with Crippen molar-refractivity contribution in [2.45, 2.75) is 30.7 Å². The van der Waals surface area contributed by atoms with E-state index in [4.69, 9.17) is 0 Å². The summed E-state index contributed by atoms with van der Waals surface area (Å²) in [5.74, 6) is -0.789. The number of halogens is 3. The lowest BCUT2D eigenvalue weighted by molar-refractivity contribution is -0.117. The van der Waals surface area contributed by atoms with E-state index >= 15 is 0 Å². The minimum absolute atomic E-state index is 0.0308. The average Bonchev–Trinajstić information content (AvgIpc) is 2.26. The molecule has 1 unspecified atom stereocenters. The van der Waals surface area contributed by atoms with Crippen molar-refractivity contribution in [3.05, 3.63) is 29.8 Å². The van der Waals surface area contributed by atoms with Gasteiger partial charge in [-0.15, -0.1) is 0 Å². The summed E-state index contributed by atoms with van der Waals surface area (Å²) in [7, 11) is 0. The molecule has 0 spiro atoms. The minimum atomic E-state index is -4.34. The lowest BCUT2D eigenvalue weighted by atomic mass is 9.95. The zero-order chi connectivity index (χ0) is 14.6. The smallest absolute Gasteiger partial charge is 0.300 e. The molecule has 1 aromatic carbocycles. The first-order valence-electron chi connectivity index (χ1n) is 5.58. The Bertz CT molecular complexity index is 466. The normalized spacial score (nSPS) is 13.1. The Labute approximate surface area is 113 Å². The molecule has 0 aliphatic heterocycles. The summed E-state index contributed by atoms with van der Waals surface area (Å²) in [5.41, 5.74) is -4.02. The number of ketones is 2. The van der Waals surface area contributed by atoms with E-state index in [0.717, 1.165) is 0 Å². The molecule has 0 heterocycles. The van der Waals surface area contributed by atoms with E-state index in [1.807, 2.05) is 0 Å². The molecule has 0 radical (unpaired) electrons. The minimum Gasteiger partial charge on any atom is -0.300 e. The summed E-state index contributed by atoms with van der Waals surface area (Å²) in [6, 6.07) is 5.22. The molecule has 6 heteroatoms. The molecular formula is C13H13F3O2S. The first kappa shape index (κ1) is 15.8. The average molecular weight is 290 g/mol. The predicted octanol–water partition coefficient (Wildman–Crippen LogP) is 4.10. The molecule has 0 aliphatic carbocycles. The maximum Gasteiger partial charge on any atom is 0.446 e. The van der Waals surface area contributed by atoms with Crippen molar-refractivity contribution in [2.24, 2.45) is 5.92 Å². The van der Waals surface area contributed by atoms with Gasteiger partial charge in [-0.25, -0.2) is 0 Å². The Balaban J connectivity index is 2.76. The first-order chi connectivity index (χ1) is 8.69. The molecule has 0 saturated heterocycles. The van der Waals surface area contributed by atoms with Crippen molar-refractivity contribution < 1.29 is 22.8 Å². The highest BCUT2D eigenvalue weighted by atomic mass is 32.2. The van der Waals surface area contributed by atoms with Crippen molar-refractivity contribution >= 4 is 23.3 Å². The van der Waals surface area contributed by atoms with Crippen molar-refractivity contribution in [2.75, 3.05) is 0 Å². The molecule has 19 heavy (non-hydrogen) atoms. The van der Waals surface area contributed by atoms with Crippen molar-refractivity contribution in [3.8, 4) is 0 Å². The Kier molecular flexibility index (Phi) is 5.17. The van der Waals surface area contributed by atoms with E-state index in [2.05, 4.69) is 0 Å². The molecule has 0 aliphatic rings. The van der Waals surface area contributed by atoms with E-state index in [0.29, 0.717) is 5.56 Å². The maximum absolute atomic E-state index is 12.1. The molecular weight excluding hydrogens is 277 g/mol. The van der Waals surface area contributed by atoms with Gasteiger partial charge in [-0.2, -0.15) is 13.2 Å². The molecule has 1 atom stereocenters. The largest absolute Gasteiger partial charge is 0.446 e. The second-order valence-corrected chi connectivity index (χ2v) is 5.38. The van der Waals surface area contributed by atoms with Gasteiger partial charge in [-0.3, -0.25) is 4.79 Å². The zero-order valence-corrected chi connectivity index (χ0v) is 11.3. The number of carbonyl (C=O) groups excluding carboxylic acids is 2. The quantitative estimate of drug-likeness (QED) is 0.605. The molecule has 2 nitrogen and oxygen atoms in total. The van der Waals surface area contributed by atoms with Gasteiger partial charge < -0.3 is 4.79 Å². The van der Waals surface area contributed by atoms with E-state index in [-0.39, 0.29) is 34.6 Å². The zero-order valence-electron chi connectivity index (χ0n) is 10.5. The van der Waals surface area contributed by atoms with Gasteiger partial charge in [-0.05, 0) is 30.8 Å². The highest BCUT2D eigenvalue weighted by molar-refractivity contribution is 8.00. The number of thioether (sulfide) groups is 1. The van der Waals surface area contributed by atoms with E-state index < -0.39 is 11.4 Å². The summed E-state index contributed by atoms with van der Waals surface area (Å²) in [6.07, 6.45) is 0.137. The van der Waals surface area contributed by atoms with Gasteiger partial charge in [0.1, 0.15) is 5.78 Å². The highest BCUT2D eigenvalue weighted by Gasteiger charge is 2.29. The van der Waals surface area contributed by atoms with E-state index in [9.17, 15) is 22.8 Å². The lowest BCUT2D eigenvalue weighted by Gasteiger charge is -2.09. The van der Waals surface area contributed by atoms with Crippen LogP contribution in [0.1, 0.15) is 30.6 Å². The van der Waals surface area contributed by atoms with Gasteiger partial charge in [0.05, 0.1) is 0 Å². The third-order valence-electron chi connectivity index (χ3n) is 2.41. The Morgan fingerprint density at radius 3 is 2.16 bits per heavy atom. The summed E-state index contributed by atoms with van der Waals surface area (Å²) in [6.45, 7) is 3.02. The standard InChI is InChI=1S/C13H13F3O2S/c1-8(7-9(2)17)12(18)10-3-5-11(6-4-10)19-13(14,15)16/h3-6,8H,7H2,1-2H3. The van der Waals surface area contributed by atoms with Crippen LogP contribution >= 0.6 is 11.8 Å². The number of hydrogen-bond donors (Lipinski definition) is 0. The Morgan fingerprint density at radius 2 is 1.74 bits per heavy atom. The van der Waals surface area contributed by atoms with Gasteiger partial charge in [0.15, 0.2) is 5.78 Å². The second kappa shape index (κ2) is 6.23. The van der Waals surface area contributed by atoms with Crippen LogP contribution < -0.4 is 0 Å². The third kappa shape index (κ3) is 5.46. The topological polar surface area (TPSA) is 34.1 Å². The fraction of sp³-hybridized carbons (Fsp3) is 0.385. The number of hydrogen-bond acceptors (Lipinski definition) is 3. The van der Waals surface area contributed by atoms with Crippen molar-refractivity contribution in [1.82, 2.24) is 0 Å². The van der Waals surface area contributed by atoms with Gasteiger partial charge >= 0.3 is 5.51 Å². The van der Waals surface area contributed by atoms with Crippen molar-refractivity contribution in [1.29, 1.82) is 0 Å². The van der Waals surface area contributed by atoms with Crippen molar-refractivity contribution in [3.63, 3.8) is 0 Å². The summed E-state index contributed by atoms with van der Waals surface area (Å²) < 4.78 is 36.4. The van der Waals surface area contributed by atoms with E-state index in [1.165, 1.54) is 31.2 Å². The molecule has 1 aromatic rings. The molecule has 1 rings (SSSR count). The number of alkyl halides is 3. The highest BCUT2D eigenvalue weighted by Crippen LogP contribution is 2.36. The lowest BCUT2D eigenvalue weighted by Crippen LogP contribution is -2.14. The molecule has 0 saturated carbocycles. The number of carbonyl (C=O) groups is 2. The van der Waals surface area contributed by atoms with Gasteiger partial charge in [-0.1, -0.05) is 19.1 Å². The van der Waals surface area contributed by atoms with Gasteiger partial charge in [0.25, 0.3) is 0 Å². The molecule has 0 N–H and O–H groups in total. The van der Waals surface area contributed by atoms with Crippen LogP contribution in [0.5, 0.6) is 0 Å². The third-order valence-corrected chi connectivity index (χ3v) is 3.15.